The second kappa shape index (κ2) is 10.5. The fourth-order valence-corrected chi connectivity index (χ4v) is 11.1. The molecule has 0 bridgehead atoms. The Balaban J connectivity index is 1.23. The molecule has 0 aliphatic carbocycles. The summed E-state index contributed by atoms with van der Waals surface area (Å²) in [5.74, 6) is 0. The minimum atomic E-state index is -0.0744. The molecule has 264 valence electrons. The smallest absolute Gasteiger partial charge is 0.252 e. The highest BCUT2D eigenvalue weighted by Gasteiger charge is 2.47. The summed E-state index contributed by atoms with van der Waals surface area (Å²) in [4.78, 5) is 5.22. The van der Waals surface area contributed by atoms with Gasteiger partial charge in [-0.25, -0.2) is 0 Å². The van der Waals surface area contributed by atoms with Gasteiger partial charge in [0.15, 0.2) is 0 Å². The Morgan fingerprint density at radius 1 is 0.473 bits per heavy atom. The first-order valence-corrected chi connectivity index (χ1v) is 20.4. The summed E-state index contributed by atoms with van der Waals surface area (Å²) in [6, 6.07) is 51.2. The van der Waals surface area contributed by atoms with E-state index in [0.717, 1.165) is 0 Å². The van der Waals surface area contributed by atoms with Crippen molar-refractivity contribution in [3.63, 3.8) is 0 Å². The quantitative estimate of drug-likeness (QED) is 0.156. The molecule has 12 rings (SSSR count). The van der Waals surface area contributed by atoms with Crippen LogP contribution in [0, 0.1) is 0 Å². The molecule has 3 aliphatic heterocycles. The number of hydrogen-bond acceptors (Lipinski definition) is 3. The molecule has 0 atom stereocenters. The van der Waals surface area contributed by atoms with E-state index >= 15 is 0 Å². The number of benzene rings is 7. The van der Waals surface area contributed by atoms with E-state index in [-0.39, 0.29) is 17.5 Å². The Kier molecular flexibility index (Phi) is 6.02. The van der Waals surface area contributed by atoms with Crippen molar-refractivity contribution in [2.45, 2.75) is 52.4 Å². The van der Waals surface area contributed by atoms with E-state index in [0.29, 0.717) is 0 Å². The topological polar surface area (TPSA) is 11.4 Å². The zero-order valence-corrected chi connectivity index (χ0v) is 32.8. The minimum absolute atomic E-state index is 0.000462. The first kappa shape index (κ1) is 31.6. The van der Waals surface area contributed by atoms with E-state index in [2.05, 4.69) is 189 Å². The van der Waals surface area contributed by atoms with Crippen molar-refractivity contribution in [1.82, 2.24) is 4.57 Å². The predicted octanol–water partition coefficient (Wildman–Crippen LogP) is 12.1. The Hall–Kier alpha value is -5.78. The van der Waals surface area contributed by atoms with Crippen molar-refractivity contribution in [2.75, 3.05) is 9.80 Å². The monoisotopic (exact) mass is 725 g/mol. The maximum atomic E-state index is 2.63. The van der Waals surface area contributed by atoms with Gasteiger partial charge in [-0.15, -0.1) is 11.3 Å². The minimum Gasteiger partial charge on any atom is -0.311 e. The van der Waals surface area contributed by atoms with E-state index in [9.17, 15) is 0 Å². The fourth-order valence-electron chi connectivity index (χ4n) is 9.93. The Morgan fingerprint density at radius 3 is 1.98 bits per heavy atom. The number of nitrogens with zero attached hydrogens (tertiary/aromatic N) is 3. The third-order valence-electron chi connectivity index (χ3n) is 12.6. The van der Waals surface area contributed by atoms with Crippen LogP contribution in [0.5, 0.6) is 0 Å². The normalized spacial score (nSPS) is 14.3. The number of fused-ring (bicyclic) bond motifs is 12. The molecule has 0 amide bonds. The van der Waals surface area contributed by atoms with Gasteiger partial charge in [0.25, 0.3) is 6.71 Å². The van der Waals surface area contributed by atoms with Gasteiger partial charge in [-0.1, -0.05) is 120 Å². The molecule has 3 nitrogen and oxygen atoms in total. The van der Waals surface area contributed by atoms with Gasteiger partial charge in [0.2, 0.25) is 0 Å². The van der Waals surface area contributed by atoms with Crippen LogP contribution in [0.25, 0.3) is 47.7 Å². The van der Waals surface area contributed by atoms with E-state index in [1.807, 2.05) is 11.3 Å². The number of rotatable bonds is 1. The molecule has 0 saturated carbocycles. The molecule has 7 aromatic carbocycles. The number of para-hydroxylation sites is 3. The van der Waals surface area contributed by atoms with Gasteiger partial charge in [-0.05, 0) is 92.9 Å². The number of thiophene rings is 1. The molecule has 5 heterocycles. The van der Waals surface area contributed by atoms with Crippen molar-refractivity contribution in [3.05, 3.63) is 145 Å². The zero-order chi connectivity index (χ0) is 37.1. The maximum Gasteiger partial charge on any atom is 0.252 e. The second-order valence-electron chi connectivity index (χ2n) is 17.8. The summed E-state index contributed by atoms with van der Waals surface area (Å²) >= 11 is 1.89. The molecule has 0 spiro atoms. The number of aromatic nitrogens is 1. The average Bonchev–Trinajstić information content (AvgIpc) is 3.72. The number of anilines is 6. The van der Waals surface area contributed by atoms with E-state index < -0.39 is 0 Å². The van der Waals surface area contributed by atoms with Gasteiger partial charge in [0, 0.05) is 53.7 Å². The summed E-state index contributed by atoms with van der Waals surface area (Å²) in [6.45, 7) is 14.2. The SMILES string of the molecule is CC(C)(C)c1ccc2c(c1)B1c3cccc4c3N(c3cc(C(C)(C)C)cc(c31)N2c1ccc2c(c1)sc1ccccc12)c1cccc2c3ccccc3n-4c12. The van der Waals surface area contributed by atoms with Crippen LogP contribution in [0.2, 0.25) is 0 Å². The summed E-state index contributed by atoms with van der Waals surface area (Å²) in [5, 5.41) is 5.25. The lowest BCUT2D eigenvalue weighted by molar-refractivity contribution is 0.590. The lowest BCUT2D eigenvalue weighted by Crippen LogP contribution is -2.62. The lowest BCUT2D eigenvalue weighted by atomic mass is 9.33. The first-order valence-electron chi connectivity index (χ1n) is 19.6. The van der Waals surface area contributed by atoms with Crippen molar-refractivity contribution in [3.8, 4) is 5.69 Å². The summed E-state index contributed by atoms with van der Waals surface area (Å²) in [5.41, 5.74) is 18.1. The largest absolute Gasteiger partial charge is 0.311 e. The molecular weight excluding hydrogens is 685 g/mol. The van der Waals surface area contributed by atoms with Crippen LogP contribution in [0.3, 0.4) is 0 Å². The average molecular weight is 726 g/mol. The maximum absolute atomic E-state index is 2.63. The molecule has 0 radical (unpaired) electrons. The van der Waals surface area contributed by atoms with Gasteiger partial charge in [-0.3, -0.25) is 0 Å². The van der Waals surface area contributed by atoms with Crippen molar-refractivity contribution >= 4 is 111 Å². The first-order chi connectivity index (χ1) is 26.6. The van der Waals surface area contributed by atoms with Crippen molar-refractivity contribution in [2.24, 2.45) is 0 Å². The van der Waals surface area contributed by atoms with Gasteiger partial charge in [0.1, 0.15) is 0 Å². The molecule has 3 aliphatic rings. The molecule has 9 aromatic rings. The van der Waals surface area contributed by atoms with Gasteiger partial charge in [-0.2, -0.15) is 0 Å². The Labute approximate surface area is 326 Å². The third kappa shape index (κ3) is 4.12. The summed E-state index contributed by atoms with van der Waals surface area (Å²) in [6.07, 6.45) is 0. The van der Waals surface area contributed by atoms with Crippen LogP contribution in [0.1, 0.15) is 52.7 Å². The third-order valence-corrected chi connectivity index (χ3v) is 13.7. The predicted molar refractivity (Wildman–Crippen MR) is 239 cm³/mol. The van der Waals surface area contributed by atoms with Crippen LogP contribution in [0.4, 0.5) is 34.1 Å². The Bertz CT molecular complexity index is 3150. The highest BCUT2D eigenvalue weighted by Crippen LogP contribution is 2.53. The fraction of sp³-hybridized carbons (Fsp3) is 0.160. The molecule has 5 heteroatoms. The van der Waals surface area contributed by atoms with E-state index in [1.54, 1.807) is 0 Å². The highest BCUT2D eigenvalue weighted by molar-refractivity contribution is 7.25. The van der Waals surface area contributed by atoms with Crippen molar-refractivity contribution in [1.29, 1.82) is 0 Å². The van der Waals surface area contributed by atoms with Gasteiger partial charge >= 0.3 is 0 Å². The van der Waals surface area contributed by atoms with Crippen LogP contribution in [-0.2, 0) is 10.8 Å². The van der Waals surface area contributed by atoms with Crippen LogP contribution in [0.15, 0.2) is 133 Å². The summed E-state index contributed by atoms with van der Waals surface area (Å²) < 4.78 is 5.19. The Morgan fingerprint density at radius 2 is 1.16 bits per heavy atom. The lowest BCUT2D eigenvalue weighted by Gasteiger charge is -2.47. The van der Waals surface area contributed by atoms with Crippen molar-refractivity contribution < 1.29 is 0 Å². The molecular formula is C50H40BN3S. The van der Waals surface area contributed by atoms with Gasteiger partial charge in [0.05, 0.1) is 28.1 Å². The van der Waals surface area contributed by atoms with Gasteiger partial charge < -0.3 is 14.4 Å². The molecule has 0 N–H and O–H groups in total. The van der Waals surface area contributed by atoms with Crippen LogP contribution in [-0.4, -0.2) is 11.3 Å². The van der Waals surface area contributed by atoms with E-state index in [1.165, 1.54) is 109 Å². The molecule has 55 heavy (non-hydrogen) atoms. The molecule has 0 unspecified atom stereocenters. The summed E-state index contributed by atoms with van der Waals surface area (Å²) in [7, 11) is 0. The zero-order valence-electron chi connectivity index (χ0n) is 32.0. The highest BCUT2D eigenvalue weighted by atomic mass is 32.1. The standard InChI is InChI=1S/C50H40BN3S/c1-49(2,3)29-21-24-39-37(25-29)51-36-16-12-19-41-48(36)54(40-18-11-15-35-32-13-7-9-17-38(32)53(41)47(35)40)43-27-30(50(4,5)6)26-42(46(43)51)52(39)31-22-23-34-33-14-8-10-20-44(33)55-45(34)28-31/h7-28H,1-6H3. The number of hydrogen-bond donors (Lipinski definition) is 0. The molecule has 0 saturated heterocycles. The van der Waals surface area contributed by atoms with Crippen LogP contribution >= 0.6 is 11.3 Å². The van der Waals surface area contributed by atoms with Crippen LogP contribution < -0.4 is 26.2 Å². The molecule has 2 aromatic heterocycles. The molecule has 0 fully saturated rings. The second-order valence-corrected chi connectivity index (χ2v) is 18.9. The van der Waals surface area contributed by atoms with E-state index in [4.69, 9.17) is 0 Å².